The van der Waals surface area contributed by atoms with Crippen LogP contribution in [0.5, 0.6) is 0 Å². The van der Waals surface area contributed by atoms with E-state index in [-0.39, 0.29) is 5.82 Å². The molecule has 5 nitrogen and oxygen atoms in total. The predicted molar refractivity (Wildman–Crippen MR) is 74.3 cm³/mol. The molecule has 0 atom stereocenters. The lowest BCUT2D eigenvalue weighted by molar-refractivity contribution is 0.616. The fourth-order valence-corrected chi connectivity index (χ4v) is 2.78. The molecule has 0 radical (unpaired) electrons. The van der Waals surface area contributed by atoms with Crippen LogP contribution in [-0.4, -0.2) is 14.8 Å². The van der Waals surface area contributed by atoms with Gasteiger partial charge in [0.05, 0.1) is 18.2 Å². The molecule has 0 bridgehead atoms. The van der Waals surface area contributed by atoms with E-state index in [9.17, 15) is 4.39 Å². The molecular formula is C13H14FN5S. The highest BCUT2D eigenvalue weighted by molar-refractivity contribution is 7.98. The van der Waals surface area contributed by atoms with Gasteiger partial charge in [0.2, 0.25) is 0 Å². The first-order chi connectivity index (χ1) is 9.69. The summed E-state index contributed by atoms with van der Waals surface area (Å²) in [4.78, 5) is 0. The Morgan fingerprint density at radius 1 is 1.45 bits per heavy atom. The fourth-order valence-electron chi connectivity index (χ4n) is 1.77. The van der Waals surface area contributed by atoms with E-state index in [0.29, 0.717) is 23.4 Å². The molecular weight excluding hydrogens is 277 g/mol. The van der Waals surface area contributed by atoms with Crippen LogP contribution < -0.4 is 5.73 Å². The van der Waals surface area contributed by atoms with Crippen molar-refractivity contribution in [2.75, 3.05) is 0 Å². The van der Waals surface area contributed by atoms with Crippen LogP contribution in [0, 0.1) is 17.1 Å². The second-order valence-corrected chi connectivity index (χ2v) is 5.00. The third-order valence-electron chi connectivity index (χ3n) is 2.83. The number of nitriles is 1. The van der Waals surface area contributed by atoms with Crippen LogP contribution >= 0.6 is 11.8 Å². The summed E-state index contributed by atoms with van der Waals surface area (Å²) in [6.07, 6.45) is 0. The quantitative estimate of drug-likeness (QED) is 0.853. The van der Waals surface area contributed by atoms with Gasteiger partial charge in [-0.3, -0.25) is 0 Å². The summed E-state index contributed by atoms with van der Waals surface area (Å²) in [5, 5.41) is 17.5. The Morgan fingerprint density at radius 2 is 2.25 bits per heavy atom. The van der Waals surface area contributed by atoms with Crippen molar-refractivity contribution < 1.29 is 4.39 Å². The zero-order valence-electron chi connectivity index (χ0n) is 11.0. The minimum Gasteiger partial charge on any atom is -0.324 e. The predicted octanol–water partition coefficient (Wildman–Crippen LogP) is 2.06. The van der Waals surface area contributed by atoms with Gasteiger partial charge in [-0.15, -0.1) is 10.2 Å². The first kappa shape index (κ1) is 14.5. The molecule has 0 spiro atoms. The summed E-state index contributed by atoms with van der Waals surface area (Å²) >= 11 is 1.40. The molecule has 2 rings (SSSR count). The molecule has 0 saturated heterocycles. The number of hydrogen-bond donors (Lipinski definition) is 1. The highest BCUT2D eigenvalue weighted by Crippen LogP contribution is 2.23. The van der Waals surface area contributed by atoms with Gasteiger partial charge in [0.15, 0.2) is 5.16 Å². The van der Waals surface area contributed by atoms with Crippen molar-refractivity contribution in [3.8, 4) is 6.07 Å². The molecule has 104 valence electrons. The van der Waals surface area contributed by atoms with Crippen LogP contribution in [0.15, 0.2) is 23.4 Å². The number of hydrogen-bond acceptors (Lipinski definition) is 5. The standard InChI is InChI=1S/C13H14FN5S/c1-2-19-12(7-16)17-18-13(19)20-8-10-4-3-9(6-15)5-11(10)14/h3-5H,2,7-8,16H2,1H3. The van der Waals surface area contributed by atoms with Crippen molar-refractivity contribution in [1.82, 2.24) is 14.8 Å². The number of benzene rings is 1. The first-order valence-electron chi connectivity index (χ1n) is 6.13. The minimum absolute atomic E-state index is 0.318. The third kappa shape index (κ3) is 2.98. The van der Waals surface area contributed by atoms with Crippen LogP contribution in [0.3, 0.4) is 0 Å². The summed E-state index contributed by atoms with van der Waals surface area (Å²) in [6.45, 7) is 3.03. The maximum atomic E-state index is 13.8. The molecule has 1 aromatic carbocycles. The number of rotatable bonds is 5. The Balaban J connectivity index is 2.13. The van der Waals surface area contributed by atoms with Gasteiger partial charge >= 0.3 is 0 Å². The van der Waals surface area contributed by atoms with E-state index >= 15 is 0 Å². The first-order valence-corrected chi connectivity index (χ1v) is 7.11. The second kappa shape index (κ2) is 6.50. The summed E-state index contributed by atoms with van der Waals surface area (Å²) in [6, 6.07) is 6.38. The van der Waals surface area contributed by atoms with E-state index in [1.807, 2.05) is 17.6 Å². The number of halogens is 1. The van der Waals surface area contributed by atoms with E-state index in [1.165, 1.54) is 17.8 Å². The molecule has 2 aromatic rings. The Bertz CT molecular complexity index is 647. The third-order valence-corrected chi connectivity index (χ3v) is 3.85. The van der Waals surface area contributed by atoms with Crippen molar-refractivity contribution in [2.24, 2.45) is 5.73 Å². The molecule has 0 fully saturated rings. The molecule has 1 heterocycles. The van der Waals surface area contributed by atoms with E-state index in [0.717, 1.165) is 17.5 Å². The summed E-state index contributed by atoms with van der Waals surface area (Å²) in [5.74, 6) is 0.772. The highest BCUT2D eigenvalue weighted by Gasteiger charge is 2.11. The maximum Gasteiger partial charge on any atom is 0.191 e. The molecule has 7 heteroatoms. The Hall–Kier alpha value is -1.91. The molecule has 2 N–H and O–H groups in total. The van der Waals surface area contributed by atoms with Gasteiger partial charge in [-0.1, -0.05) is 17.8 Å². The van der Waals surface area contributed by atoms with Crippen molar-refractivity contribution in [1.29, 1.82) is 5.26 Å². The van der Waals surface area contributed by atoms with Crippen LogP contribution in [0.1, 0.15) is 23.9 Å². The number of nitrogens with zero attached hydrogens (tertiary/aromatic N) is 4. The molecule has 0 aliphatic rings. The Labute approximate surface area is 120 Å². The number of aromatic nitrogens is 3. The topological polar surface area (TPSA) is 80.5 Å². The largest absolute Gasteiger partial charge is 0.324 e. The summed E-state index contributed by atoms with van der Waals surface area (Å²) in [5.41, 5.74) is 6.43. The molecule has 0 unspecified atom stereocenters. The number of thioether (sulfide) groups is 1. The molecule has 20 heavy (non-hydrogen) atoms. The second-order valence-electron chi connectivity index (χ2n) is 4.05. The number of nitrogens with two attached hydrogens (primary N) is 1. The lowest BCUT2D eigenvalue weighted by Gasteiger charge is -2.06. The van der Waals surface area contributed by atoms with E-state index < -0.39 is 0 Å². The maximum absolute atomic E-state index is 13.8. The van der Waals surface area contributed by atoms with Crippen LogP contribution in [0.25, 0.3) is 0 Å². The van der Waals surface area contributed by atoms with Crippen LogP contribution in [-0.2, 0) is 18.8 Å². The Kier molecular flexibility index (Phi) is 4.71. The van der Waals surface area contributed by atoms with Crippen molar-refractivity contribution >= 4 is 11.8 Å². The average Bonchev–Trinajstić information content (AvgIpc) is 2.87. The minimum atomic E-state index is -0.377. The van der Waals surface area contributed by atoms with Crippen molar-refractivity contribution in [2.45, 2.75) is 30.9 Å². The van der Waals surface area contributed by atoms with Gasteiger partial charge in [-0.25, -0.2) is 4.39 Å². The lowest BCUT2D eigenvalue weighted by atomic mass is 10.1. The van der Waals surface area contributed by atoms with Gasteiger partial charge in [-0.2, -0.15) is 5.26 Å². The summed E-state index contributed by atoms with van der Waals surface area (Å²) in [7, 11) is 0. The SMILES string of the molecule is CCn1c(CN)nnc1SCc1ccc(C#N)cc1F. The molecule has 0 aliphatic carbocycles. The molecule has 0 aliphatic heterocycles. The van der Waals surface area contributed by atoms with Gasteiger partial charge in [0.25, 0.3) is 0 Å². The smallest absolute Gasteiger partial charge is 0.191 e. The van der Waals surface area contributed by atoms with Crippen LogP contribution in [0.2, 0.25) is 0 Å². The fraction of sp³-hybridized carbons (Fsp3) is 0.308. The molecule has 1 aromatic heterocycles. The molecule has 0 saturated carbocycles. The Morgan fingerprint density at radius 3 is 2.85 bits per heavy atom. The molecule has 0 amide bonds. The monoisotopic (exact) mass is 291 g/mol. The average molecular weight is 291 g/mol. The van der Waals surface area contributed by atoms with E-state index in [2.05, 4.69) is 10.2 Å². The van der Waals surface area contributed by atoms with Gasteiger partial charge in [0.1, 0.15) is 11.6 Å². The van der Waals surface area contributed by atoms with Crippen LogP contribution in [0.4, 0.5) is 4.39 Å². The lowest BCUT2D eigenvalue weighted by Crippen LogP contribution is -2.08. The van der Waals surface area contributed by atoms with Gasteiger partial charge in [-0.05, 0) is 24.6 Å². The van der Waals surface area contributed by atoms with Crippen molar-refractivity contribution in [3.05, 3.63) is 41.0 Å². The van der Waals surface area contributed by atoms with Gasteiger partial charge in [0, 0.05) is 12.3 Å². The van der Waals surface area contributed by atoms with E-state index in [4.69, 9.17) is 11.0 Å². The van der Waals surface area contributed by atoms with E-state index in [1.54, 1.807) is 12.1 Å². The van der Waals surface area contributed by atoms with Gasteiger partial charge < -0.3 is 10.3 Å². The normalized spacial score (nSPS) is 10.5. The zero-order chi connectivity index (χ0) is 14.5. The summed E-state index contributed by atoms with van der Waals surface area (Å²) < 4.78 is 15.7. The highest BCUT2D eigenvalue weighted by atomic mass is 32.2. The van der Waals surface area contributed by atoms with Crippen molar-refractivity contribution in [3.63, 3.8) is 0 Å². The zero-order valence-corrected chi connectivity index (χ0v) is 11.8.